The molecule has 1 aliphatic rings. The van der Waals surface area contributed by atoms with E-state index in [2.05, 4.69) is 39.4 Å². The SMILES string of the molecule is CC(=O)N(C)CCCCN1CCN(c2cccc3sccc23)CC1. The van der Waals surface area contributed by atoms with Gasteiger partial charge in [-0.1, -0.05) is 6.07 Å². The van der Waals surface area contributed by atoms with E-state index in [4.69, 9.17) is 0 Å². The molecule has 2 heterocycles. The maximum atomic E-state index is 11.2. The van der Waals surface area contributed by atoms with Crippen LogP contribution in [0, 0.1) is 0 Å². The Hall–Kier alpha value is -1.59. The highest BCUT2D eigenvalue weighted by atomic mass is 32.1. The van der Waals surface area contributed by atoms with Crippen molar-refractivity contribution in [3.8, 4) is 0 Å². The minimum absolute atomic E-state index is 0.159. The summed E-state index contributed by atoms with van der Waals surface area (Å²) in [6.07, 6.45) is 2.25. The molecule has 130 valence electrons. The van der Waals surface area contributed by atoms with Crippen LogP contribution in [0.25, 0.3) is 10.1 Å². The maximum absolute atomic E-state index is 11.2. The van der Waals surface area contributed by atoms with E-state index >= 15 is 0 Å². The van der Waals surface area contributed by atoms with Crippen molar-refractivity contribution >= 4 is 33.0 Å². The summed E-state index contributed by atoms with van der Waals surface area (Å²) in [6, 6.07) is 8.87. The fourth-order valence-electron chi connectivity index (χ4n) is 3.31. The van der Waals surface area contributed by atoms with Gasteiger partial charge in [-0.25, -0.2) is 0 Å². The van der Waals surface area contributed by atoms with Crippen LogP contribution in [0.5, 0.6) is 0 Å². The Kier molecular flexibility index (Phi) is 5.74. The summed E-state index contributed by atoms with van der Waals surface area (Å²) in [5, 5.41) is 3.57. The molecular formula is C19H27N3OS. The Balaban J connectivity index is 1.44. The molecule has 0 spiro atoms. The topological polar surface area (TPSA) is 26.8 Å². The highest BCUT2D eigenvalue weighted by Gasteiger charge is 2.18. The number of nitrogens with zero attached hydrogens (tertiary/aromatic N) is 3. The lowest BCUT2D eigenvalue weighted by Gasteiger charge is -2.36. The van der Waals surface area contributed by atoms with E-state index in [1.807, 2.05) is 18.4 Å². The second kappa shape index (κ2) is 7.99. The molecule has 0 bridgehead atoms. The highest BCUT2D eigenvalue weighted by Crippen LogP contribution is 2.31. The first-order valence-corrected chi connectivity index (χ1v) is 9.68. The first-order chi connectivity index (χ1) is 11.6. The van der Waals surface area contributed by atoms with Gasteiger partial charge in [0.15, 0.2) is 0 Å². The number of anilines is 1. The molecule has 1 aromatic heterocycles. The summed E-state index contributed by atoms with van der Waals surface area (Å²) in [7, 11) is 1.88. The zero-order chi connectivity index (χ0) is 16.9. The third-order valence-electron chi connectivity index (χ3n) is 4.94. The van der Waals surface area contributed by atoms with Gasteiger partial charge in [0, 0.05) is 62.5 Å². The number of fused-ring (bicyclic) bond motifs is 1. The Morgan fingerprint density at radius 3 is 2.71 bits per heavy atom. The van der Waals surface area contributed by atoms with Crippen LogP contribution in [0.2, 0.25) is 0 Å². The summed E-state index contributed by atoms with van der Waals surface area (Å²) in [4.78, 5) is 18.1. The fourth-order valence-corrected chi connectivity index (χ4v) is 4.12. The molecule has 1 aliphatic heterocycles. The first-order valence-electron chi connectivity index (χ1n) is 8.80. The van der Waals surface area contributed by atoms with Gasteiger partial charge < -0.3 is 9.80 Å². The van der Waals surface area contributed by atoms with E-state index in [1.165, 1.54) is 15.8 Å². The smallest absolute Gasteiger partial charge is 0.219 e. The van der Waals surface area contributed by atoms with E-state index in [-0.39, 0.29) is 5.91 Å². The normalized spacial score (nSPS) is 15.8. The molecular weight excluding hydrogens is 318 g/mol. The van der Waals surface area contributed by atoms with Crippen LogP contribution in [-0.4, -0.2) is 62.0 Å². The van der Waals surface area contributed by atoms with Crippen molar-refractivity contribution < 1.29 is 4.79 Å². The van der Waals surface area contributed by atoms with Crippen molar-refractivity contribution in [1.29, 1.82) is 0 Å². The number of unbranched alkanes of at least 4 members (excludes halogenated alkanes) is 1. The zero-order valence-corrected chi connectivity index (χ0v) is 15.5. The summed E-state index contributed by atoms with van der Waals surface area (Å²) >= 11 is 1.82. The molecule has 4 nitrogen and oxygen atoms in total. The number of thiophene rings is 1. The van der Waals surface area contributed by atoms with Crippen molar-refractivity contribution in [2.75, 3.05) is 51.2 Å². The monoisotopic (exact) mass is 345 g/mol. The largest absolute Gasteiger partial charge is 0.368 e. The molecule has 1 fully saturated rings. The Morgan fingerprint density at radius 2 is 1.96 bits per heavy atom. The van der Waals surface area contributed by atoms with Gasteiger partial charge in [-0.15, -0.1) is 11.3 Å². The number of rotatable bonds is 6. The molecule has 0 atom stereocenters. The minimum Gasteiger partial charge on any atom is -0.368 e. The molecule has 5 heteroatoms. The highest BCUT2D eigenvalue weighted by molar-refractivity contribution is 7.17. The summed E-state index contributed by atoms with van der Waals surface area (Å²) in [6.45, 7) is 8.10. The van der Waals surface area contributed by atoms with Crippen molar-refractivity contribution in [3.63, 3.8) is 0 Å². The van der Waals surface area contributed by atoms with Crippen molar-refractivity contribution in [1.82, 2.24) is 9.80 Å². The third-order valence-corrected chi connectivity index (χ3v) is 5.82. The van der Waals surface area contributed by atoms with Crippen molar-refractivity contribution in [2.45, 2.75) is 19.8 Å². The number of hydrogen-bond acceptors (Lipinski definition) is 4. The van der Waals surface area contributed by atoms with Gasteiger partial charge in [0.05, 0.1) is 0 Å². The first kappa shape index (κ1) is 17.2. The number of hydrogen-bond donors (Lipinski definition) is 0. The summed E-state index contributed by atoms with van der Waals surface area (Å²) in [5.41, 5.74) is 1.39. The Bertz CT molecular complexity index is 676. The van der Waals surface area contributed by atoms with Gasteiger partial charge in [-0.05, 0) is 43.0 Å². The number of carbonyl (C=O) groups excluding carboxylic acids is 1. The van der Waals surface area contributed by atoms with Crippen LogP contribution >= 0.6 is 11.3 Å². The summed E-state index contributed by atoms with van der Waals surface area (Å²) < 4.78 is 1.38. The van der Waals surface area contributed by atoms with Crippen LogP contribution in [0.4, 0.5) is 5.69 Å². The molecule has 0 N–H and O–H groups in total. The van der Waals surface area contributed by atoms with Gasteiger partial charge >= 0.3 is 0 Å². The molecule has 0 unspecified atom stereocenters. The minimum atomic E-state index is 0.159. The van der Waals surface area contributed by atoms with Gasteiger partial charge in [0.1, 0.15) is 0 Å². The Labute approximate surface area is 148 Å². The molecule has 3 rings (SSSR count). The van der Waals surface area contributed by atoms with Gasteiger partial charge in [0.2, 0.25) is 5.91 Å². The lowest BCUT2D eigenvalue weighted by atomic mass is 10.1. The number of amides is 1. The lowest BCUT2D eigenvalue weighted by Crippen LogP contribution is -2.46. The molecule has 1 amide bonds. The van der Waals surface area contributed by atoms with Crippen molar-refractivity contribution in [2.24, 2.45) is 0 Å². The predicted octanol–water partition coefficient (Wildman–Crippen LogP) is 3.28. The van der Waals surface area contributed by atoms with E-state index in [0.29, 0.717) is 0 Å². The number of piperazine rings is 1. The van der Waals surface area contributed by atoms with Gasteiger partial charge in [-0.3, -0.25) is 9.69 Å². The standard InChI is InChI=1S/C19H27N3OS/c1-16(23)20(2)9-3-4-10-21-11-13-22(14-12-21)18-6-5-7-19-17(18)8-15-24-19/h5-8,15H,3-4,9-14H2,1-2H3. The van der Waals surface area contributed by atoms with E-state index in [1.54, 1.807) is 11.8 Å². The van der Waals surface area contributed by atoms with Crippen LogP contribution in [0.1, 0.15) is 19.8 Å². The van der Waals surface area contributed by atoms with Gasteiger partial charge in [-0.2, -0.15) is 0 Å². The van der Waals surface area contributed by atoms with Crippen LogP contribution in [0.3, 0.4) is 0 Å². The average molecular weight is 346 g/mol. The number of carbonyl (C=O) groups is 1. The van der Waals surface area contributed by atoms with Crippen LogP contribution < -0.4 is 4.90 Å². The van der Waals surface area contributed by atoms with E-state index < -0.39 is 0 Å². The Morgan fingerprint density at radius 1 is 1.17 bits per heavy atom. The molecule has 0 saturated carbocycles. The quantitative estimate of drug-likeness (QED) is 0.752. The molecule has 0 radical (unpaired) electrons. The third kappa shape index (κ3) is 4.08. The van der Waals surface area contributed by atoms with Crippen molar-refractivity contribution in [3.05, 3.63) is 29.6 Å². The van der Waals surface area contributed by atoms with E-state index in [9.17, 15) is 4.79 Å². The lowest BCUT2D eigenvalue weighted by molar-refractivity contribution is -0.127. The second-order valence-corrected chi connectivity index (χ2v) is 7.53. The fraction of sp³-hybridized carbons (Fsp3) is 0.526. The number of benzene rings is 1. The van der Waals surface area contributed by atoms with Gasteiger partial charge in [0.25, 0.3) is 0 Å². The molecule has 1 aromatic carbocycles. The average Bonchev–Trinajstić information content (AvgIpc) is 3.07. The van der Waals surface area contributed by atoms with Crippen LogP contribution in [0.15, 0.2) is 29.6 Å². The molecule has 0 aliphatic carbocycles. The molecule has 2 aromatic rings. The summed E-state index contributed by atoms with van der Waals surface area (Å²) in [5.74, 6) is 0.159. The molecule has 24 heavy (non-hydrogen) atoms. The van der Waals surface area contributed by atoms with Crippen LogP contribution in [-0.2, 0) is 4.79 Å². The maximum Gasteiger partial charge on any atom is 0.219 e. The zero-order valence-electron chi connectivity index (χ0n) is 14.7. The van der Waals surface area contributed by atoms with E-state index in [0.717, 1.165) is 52.1 Å². The second-order valence-electron chi connectivity index (χ2n) is 6.59. The molecule has 1 saturated heterocycles. The predicted molar refractivity (Wildman–Crippen MR) is 103 cm³/mol.